The van der Waals surface area contributed by atoms with Gasteiger partial charge in [0.2, 0.25) is 0 Å². The van der Waals surface area contributed by atoms with Gasteiger partial charge in [0.15, 0.2) is 0 Å². The van der Waals surface area contributed by atoms with E-state index in [1.54, 1.807) is 0 Å². The molecule has 0 N–H and O–H groups in total. The van der Waals surface area contributed by atoms with Crippen LogP contribution in [0.1, 0.15) is 35.6 Å². The Morgan fingerprint density at radius 2 is 1.96 bits per heavy atom. The molecule has 0 unspecified atom stereocenters. The molecule has 1 nitrogen and oxygen atoms in total. The highest BCUT2D eigenvalue weighted by Gasteiger charge is 2.21. The van der Waals surface area contributed by atoms with Crippen molar-refractivity contribution in [1.29, 1.82) is 0 Å². The predicted molar refractivity (Wildman–Crippen MR) is 118 cm³/mol. The molecule has 0 saturated carbocycles. The fourth-order valence-electron chi connectivity index (χ4n) is 3.37. The molecule has 0 radical (unpaired) electrons. The van der Waals surface area contributed by atoms with E-state index < -0.39 is 0 Å². The van der Waals surface area contributed by atoms with Crippen LogP contribution in [0, 0.1) is 6.92 Å². The molecule has 1 aliphatic rings. The van der Waals surface area contributed by atoms with Crippen molar-refractivity contribution < 1.29 is 0 Å². The number of thiol groups is 1. The summed E-state index contributed by atoms with van der Waals surface area (Å²) >= 11 is 10.9. The lowest BCUT2D eigenvalue weighted by Crippen LogP contribution is -2.22. The number of hydrogen-bond acceptors (Lipinski definition) is 2. The first-order valence-electron chi connectivity index (χ1n) is 8.85. The Bertz CT molecular complexity index is 910. The fraction of sp³-hybridized carbons (Fsp3) is 0.217. The van der Waals surface area contributed by atoms with Gasteiger partial charge in [-0.1, -0.05) is 55.4 Å². The molecule has 1 aliphatic heterocycles. The smallest absolute Gasteiger partial charge is 0.0486 e. The number of fused-ring (bicyclic) bond motifs is 1. The first kappa shape index (κ1) is 18.9. The molecule has 3 rings (SSSR count). The third-order valence-corrected chi connectivity index (χ3v) is 5.29. The van der Waals surface area contributed by atoms with Crippen LogP contribution in [-0.4, -0.2) is 6.54 Å². The number of halogens is 1. The van der Waals surface area contributed by atoms with Gasteiger partial charge in [-0.3, -0.25) is 0 Å². The van der Waals surface area contributed by atoms with Crippen molar-refractivity contribution in [2.75, 3.05) is 11.4 Å². The largest absolute Gasteiger partial charge is 0.347 e. The lowest BCUT2D eigenvalue weighted by Gasteiger charge is -2.31. The van der Waals surface area contributed by atoms with Gasteiger partial charge in [0.05, 0.1) is 0 Å². The average molecular weight is 382 g/mol. The molecule has 0 saturated heterocycles. The summed E-state index contributed by atoms with van der Waals surface area (Å²) in [5.41, 5.74) is 7.90. The van der Waals surface area contributed by atoms with E-state index >= 15 is 0 Å². The first-order valence-corrected chi connectivity index (χ1v) is 9.67. The minimum atomic E-state index is 0.744. The number of anilines is 1. The van der Waals surface area contributed by atoms with Crippen LogP contribution in [0.15, 0.2) is 66.2 Å². The van der Waals surface area contributed by atoms with Crippen LogP contribution in [0.2, 0.25) is 5.02 Å². The van der Waals surface area contributed by atoms with Gasteiger partial charge in [-0.05, 0) is 54.7 Å². The summed E-state index contributed by atoms with van der Waals surface area (Å²) in [7, 11) is 0. The molecule has 134 valence electrons. The second-order valence-corrected chi connectivity index (χ2v) is 7.73. The molecule has 1 heterocycles. The third-order valence-electron chi connectivity index (χ3n) is 4.68. The Labute approximate surface area is 167 Å². The zero-order valence-corrected chi connectivity index (χ0v) is 17.0. The molecule has 3 heteroatoms. The number of allylic oxidation sites excluding steroid dienone is 2. The SMILES string of the molecule is C=C(S)C1=CN(CCC)c2ccc(Cc3cc(C)ccc3Cl)cc2C1=C. The lowest BCUT2D eigenvalue weighted by atomic mass is 9.91. The Morgan fingerprint density at radius 3 is 2.65 bits per heavy atom. The highest BCUT2D eigenvalue weighted by atomic mass is 35.5. The maximum Gasteiger partial charge on any atom is 0.0486 e. The highest BCUT2D eigenvalue weighted by Crippen LogP contribution is 2.40. The van der Waals surface area contributed by atoms with Crippen LogP contribution in [0.25, 0.3) is 5.57 Å². The lowest BCUT2D eigenvalue weighted by molar-refractivity contribution is 0.873. The van der Waals surface area contributed by atoms with Crippen molar-refractivity contribution in [2.45, 2.75) is 26.7 Å². The monoisotopic (exact) mass is 381 g/mol. The van der Waals surface area contributed by atoms with Crippen molar-refractivity contribution in [1.82, 2.24) is 0 Å². The van der Waals surface area contributed by atoms with E-state index in [4.69, 9.17) is 11.6 Å². The van der Waals surface area contributed by atoms with E-state index in [9.17, 15) is 0 Å². The van der Waals surface area contributed by atoms with Gasteiger partial charge in [0, 0.05) is 39.5 Å². The molecular formula is C23H24ClNS. The fourth-order valence-corrected chi connectivity index (χ4v) is 3.74. The molecule has 0 bridgehead atoms. The Morgan fingerprint density at radius 1 is 1.19 bits per heavy atom. The summed E-state index contributed by atoms with van der Waals surface area (Å²) in [5, 5.41) is 0.809. The van der Waals surface area contributed by atoms with Gasteiger partial charge < -0.3 is 4.90 Å². The zero-order chi connectivity index (χ0) is 18.8. The molecule has 0 aliphatic carbocycles. The molecule has 2 aromatic carbocycles. The molecule has 26 heavy (non-hydrogen) atoms. The minimum absolute atomic E-state index is 0.744. The summed E-state index contributed by atoms with van der Waals surface area (Å²) in [5.74, 6) is 0. The van der Waals surface area contributed by atoms with Crippen LogP contribution in [-0.2, 0) is 6.42 Å². The number of hydrogen-bond donors (Lipinski definition) is 1. The Balaban J connectivity index is 2.01. The molecule has 0 amide bonds. The topological polar surface area (TPSA) is 3.24 Å². The van der Waals surface area contributed by atoms with Crippen LogP contribution < -0.4 is 4.90 Å². The standard InChI is InChI=1S/C23H24ClNS/c1-5-10-25-14-21(17(4)26)16(3)20-13-18(7-9-23(20)25)12-19-11-15(2)6-8-22(19)24/h6-9,11,13-14,26H,3-5,10,12H2,1-2H3. The van der Waals surface area contributed by atoms with E-state index in [0.717, 1.165) is 51.6 Å². The van der Waals surface area contributed by atoms with Crippen LogP contribution >= 0.6 is 24.2 Å². The molecule has 0 atom stereocenters. The van der Waals surface area contributed by atoms with Crippen LogP contribution in [0.4, 0.5) is 5.69 Å². The summed E-state index contributed by atoms with van der Waals surface area (Å²) in [6.45, 7) is 13.5. The summed E-state index contributed by atoms with van der Waals surface area (Å²) < 4.78 is 0. The van der Waals surface area contributed by atoms with Gasteiger partial charge in [-0.15, -0.1) is 12.6 Å². The van der Waals surface area contributed by atoms with E-state index in [1.807, 2.05) is 12.1 Å². The summed E-state index contributed by atoms with van der Waals surface area (Å²) in [6.07, 6.45) is 3.98. The van der Waals surface area contributed by atoms with Gasteiger partial charge in [-0.25, -0.2) is 0 Å². The maximum absolute atomic E-state index is 6.39. The van der Waals surface area contributed by atoms with Gasteiger partial charge in [0.25, 0.3) is 0 Å². The van der Waals surface area contributed by atoms with Gasteiger partial charge >= 0.3 is 0 Å². The van der Waals surface area contributed by atoms with E-state index in [0.29, 0.717) is 0 Å². The van der Waals surface area contributed by atoms with Crippen molar-refractivity contribution in [2.24, 2.45) is 0 Å². The second-order valence-electron chi connectivity index (χ2n) is 6.78. The Hall–Kier alpha value is -1.90. The van der Waals surface area contributed by atoms with Crippen molar-refractivity contribution in [3.8, 4) is 0 Å². The van der Waals surface area contributed by atoms with Crippen molar-refractivity contribution in [3.05, 3.63) is 93.5 Å². The number of rotatable bonds is 5. The average Bonchev–Trinajstić information content (AvgIpc) is 2.60. The Kier molecular flexibility index (Phi) is 5.64. The summed E-state index contributed by atoms with van der Waals surface area (Å²) in [4.78, 5) is 3.01. The molecule has 2 aromatic rings. The van der Waals surface area contributed by atoms with E-state index in [-0.39, 0.29) is 0 Å². The van der Waals surface area contributed by atoms with Crippen molar-refractivity contribution in [3.63, 3.8) is 0 Å². The molecule has 0 spiro atoms. The van der Waals surface area contributed by atoms with Crippen LogP contribution in [0.5, 0.6) is 0 Å². The molecular weight excluding hydrogens is 358 g/mol. The van der Waals surface area contributed by atoms with E-state index in [2.05, 4.69) is 75.0 Å². The van der Waals surface area contributed by atoms with Gasteiger partial charge in [0.1, 0.15) is 0 Å². The van der Waals surface area contributed by atoms with E-state index in [1.165, 1.54) is 16.8 Å². The minimum Gasteiger partial charge on any atom is -0.347 e. The summed E-state index contributed by atoms with van der Waals surface area (Å²) in [6, 6.07) is 12.8. The molecule has 0 aromatic heterocycles. The normalized spacial score (nSPS) is 13.5. The van der Waals surface area contributed by atoms with Crippen molar-refractivity contribution >= 4 is 35.5 Å². The second kappa shape index (κ2) is 7.77. The maximum atomic E-state index is 6.39. The van der Waals surface area contributed by atoms with Gasteiger partial charge in [-0.2, -0.15) is 0 Å². The number of nitrogens with zero attached hydrogens (tertiary/aromatic N) is 1. The molecule has 0 fully saturated rings. The predicted octanol–water partition coefficient (Wildman–Crippen LogP) is 6.81. The number of benzene rings is 2. The zero-order valence-electron chi connectivity index (χ0n) is 15.3. The quantitative estimate of drug-likeness (QED) is 0.556. The third kappa shape index (κ3) is 3.77. The highest BCUT2D eigenvalue weighted by molar-refractivity contribution is 7.84. The van der Waals surface area contributed by atoms with Crippen LogP contribution in [0.3, 0.4) is 0 Å². The first-order chi connectivity index (χ1) is 12.4. The number of aryl methyl sites for hydroxylation is 1.